The molecule has 5 nitrogen and oxygen atoms in total. The van der Waals surface area contributed by atoms with Crippen molar-refractivity contribution < 1.29 is 14.7 Å². The number of halogens is 2. The van der Waals surface area contributed by atoms with Gasteiger partial charge >= 0.3 is 5.97 Å². The SMILES string of the molecule is Cn1c(C(=O)NC2(CC(=O)O)CCC2)cc(Cl)c1Cl. The van der Waals surface area contributed by atoms with Gasteiger partial charge in [-0.05, 0) is 25.3 Å². The number of hydrogen-bond acceptors (Lipinski definition) is 2. The fraction of sp³-hybridized carbons (Fsp3) is 0.500. The lowest BCUT2D eigenvalue weighted by Gasteiger charge is -2.41. The van der Waals surface area contributed by atoms with Crippen molar-refractivity contribution in [2.45, 2.75) is 31.2 Å². The Bertz CT molecular complexity index is 535. The predicted molar refractivity (Wildman–Crippen MR) is 71.7 cm³/mol. The van der Waals surface area contributed by atoms with Gasteiger partial charge in [0.05, 0.1) is 17.0 Å². The van der Waals surface area contributed by atoms with Crippen LogP contribution in [0.5, 0.6) is 0 Å². The molecule has 104 valence electrons. The van der Waals surface area contributed by atoms with Crippen molar-refractivity contribution >= 4 is 35.1 Å². The second kappa shape index (κ2) is 5.06. The number of rotatable bonds is 4. The topological polar surface area (TPSA) is 71.3 Å². The van der Waals surface area contributed by atoms with E-state index in [1.54, 1.807) is 7.05 Å². The summed E-state index contributed by atoms with van der Waals surface area (Å²) in [5.41, 5.74) is -0.307. The van der Waals surface area contributed by atoms with E-state index in [-0.39, 0.29) is 17.5 Å². The summed E-state index contributed by atoms with van der Waals surface area (Å²) in [5.74, 6) is -1.26. The van der Waals surface area contributed by atoms with Crippen molar-refractivity contribution in [1.82, 2.24) is 9.88 Å². The minimum Gasteiger partial charge on any atom is -0.481 e. The number of carboxylic acid groups (broad SMARTS) is 1. The minimum atomic E-state index is -0.914. The molecule has 1 saturated carbocycles. The molecule has 0 aromatic carbocycles. The van der Waals surface area contributed by atoms with Crippen LogP contribution in [0.3, 0.4) is 0 Å². The monoisotopic (exact) mass is 304 g/mol. The average molecular weight is 305 g/mol. The quantitative estimate of drug-likeness (QED) is 0.897. The molecule has 1 heterocycles. The number of carbonyl (C=O) groups excluding carboxylic acids is 1. The second-order valence-corrected chi connectivity index (χ2v) is 5.65. The van der Waals surface area contributed by atoms with Gasteiger partial charge in [-0.3, -0.25) is 9.59 Å². The van der Waals surface area contributed by atoms with E-state index >= 15 is 0 Å². The standard InChI is InChI=1S/C12H14Cl2N2O3/c1-16-8(5-7(13)10(16)14)11(19)15-12(3-2-4-12)6-9(17)18/h5H,2-4,6H2,1H3,(H,15,19)(H,17,18). The molecular weight excluding hydrogens is 291 g/mol. The first kappa shape index (κ1) is 14.2. The zero-order valence-electron chi connectivity index (χ0n) is 10.4. The Hall–Kier alpha value is -1.20. The van der Waals surface area contributed by atoms with Crippen LogP contribution in [0.1, 0.15) is 36.2 Å². The van der Waals surface area contributed by atoms with Gasteiger partial charge in [0.15, 0.2) is 0 Å². The zero-order valence-corrected chi connectivity index (χ0v) is 11.9. The van der Waals surface area contributed by atoms with Crippen molar-refractivity contribution in [2.75, 3.05) is 0 Å². The Kier molecular flexibility index (Phi) is 3.78. The van der Waals surface area contributed by atoms with E-state index in [4.69, 9.17) is 28.3 Å². The molecule has 2 N–H and O–H groups in total. The number of nitrogens with zero attached hydrogens (tertiary/aromatic N) is 1. The summed E-state index contributed by atoms with van der Waals surface area (Å²) >= 11 is 11.8. The van der Waals surface area contributed by atoms with Gasteiger partial charge in [0.25, 0.3) is 5.91 Å². The third-order valence-corrected chi connectivity index (χ3v) is 4.37. The Labute approximate surface area is 120 Å². The summed E-state index contributed by atoms with van der Waals surface area (Å²) in [4.78, 5) is 23.0. The summed E-state index contributed by atoms with van der Waals surface area (Å²) in [5, 5.41) is 12.3. The summed E-state index contributed by atoms with van der Waals surface area (Å²) in [6.07, 6.45) is 2.21. The molecule has 0 radical (unpaired) electrons. The molecule has 1 aliphatic rings. The van der Waals surface area contributed by atoms with Gasteiger partial charge in [0.2, 0.25) is 0 Å². The number of aliphatic carboxylic acids is 1. The van der Waals surface area contributed by atoms with Crippen molar-refractivity contribution in [2.24, 2.45) is 7.05 Å². The largest absolute Gasteiger partial charge is 0.481 e. The molecule has 0 bridgehead atoms. The lowest BCUT2D eigenvalue weighted by atomic mass is 9.74. The highest BCUT2D eigenvalue weighted by molar-refractivity contribution is 6.41. The molecule has 2 rings (SSSR count). The van der Waals surface area contributed by atoms with E-state index in [0.717, 1.165) is 6.42 Å². The maximum atomic E-state index is 12.2. The summed E-state index contributed by atoms with van der Waals surface area (Å²) < 4.78 is 1.48. The van der Waals surface area contributed by atoms with Crippen LogP contribution in [-0.2, 0) is 11.8 Å². The Morgan fingerprint density at radius 2 is 2.11 bits per heavy atom. The van der Waals surface area contributed by atoms with E-state index in [2.05, 4.69) is 5.32 Å². The third kappa shape index (κ3) is 2.72. The summed E-state index contributed by atoms with van der Waals surface area (Å²) in [6.45, 7) is 0. The molecule has 0 saturated heterocycles. The minimum absolute atomic E-state index is 0.0649. The molecule has 1 fully saturated rings. The fourth-order valence-corrected chi connectivity index (χ4v) is 2.68. The van der Waals surface area contributed by atoms with Crippen LogP contribution in [0, 0.1) is 0 Å². The first-order chi connectivity index (χ1) is 8.84. The normalized spacial score (nSPS) is 16.8. The first-order valence-electron chi connectivity index (χ1n) is 5.90. The van der Waals surface area contributed by atoms with E-state index < -0.39 is 11.5 Å². The first-order valence-corrected chi connectivity index (χ1v) is 6.65. The van der Waals surface area contributed by atoms with Crippen molar-refractivity contribution in [3.05, 3.63) is 21.9 Å². The third-order valence-electron chi connectivity index (χ3n) is 3.53. The fourth-order valence-electron chi connectivity index (χ4n) is 2.30. The molecule has 0 spiro atoms. The van der Waals surface area contributed by atoms with E-state index in [1.807, 2.05) is 0 Å². The molecule has 1 aromatic rings. The highest BCUT2D eigenvalue weighted by atomic mass is 35.5. The van der Waals surface area contributed by atoms with E-state index in [9.17, 15) is 9.59 Å². The van der Waals surface area contributed by atoms with Crippen molar-refractivity contribution in [1.29, 1.82) is 0 Å². The Morgan fingerprint density at radius 1 is 1.47 bits per heavy atom. The maximum Gasteiger partial charge on any atom is 0.305 e. The van der Waals surface area contributed by atoms with Gasteiger partial charge in [-0.1, -0.05) is 23.2 Å². The van der Waals surface area contributed by atoms with Crippen LogP contribution in [0.2, 0.25) is 10.2 Å². The molecule has 1 aliphatic carbocycles. The molecule has 1 amide bonds. The highest BCUT2D eigenvalue weighted by Crippen LogP contribution is 2.35. The lowest BCUT2D eigenvalue weighted by Crippen LogP contribution is -2.54. The molecule has 1 aromatic heterocycles. The van der Waals surface area contributed by atoms with Gasteiger partial charge in [-0.25, -0.2) is 0 Å². The number of aromatic nitrogens is 1. The number of amides is 1. The van der Waals surface area contributed by atoms with Crippen LogP contribution >= 0.6 is 23.2 Å². The number of hydrogen-bond donors (Lipinski definition) is 2. The molecule has 0 atom stereocenters. The number of carbonyl (C=O) groups is 2. The van der Waals surface area contributed by atoms with Gasteiger partial charge in [-0.2, -0.15) is 0 Å². The van der Waals surface area contributed by atoms with Crippen LogP contribution in [0.25, 0.3) is 0 Å². The molecule has 19 heavy (non-hydrogen) atoms. The van der Waals surface area contributed by atoms with Crippen molar-refractivity contribution in [3.63, 3.8) is 0 Å². The van der Waals surface area contributed by atoms with E-state index in [1.165, 1.54) is 10.6 Å². The predicted octanol–water partition coefficient (Wildman–Crippen LogP) is 2.46. The maximum absolute atomic E-state index is 12.2. The Balaban J connectivity index is 2.16. The smallest absolute Gasteiger partial charge is 0.305 e. The number of carboxylic acids is 1. The average Bonchev–Trinajstić information content (AvgIpc) is 2.53. The molecule has 0 aliphatic heterocycles. The van der Waals surface area contributed by atoms with Crippen LogP contribution < -0.4 is 5.32 Å². The van der Waals surface area contributed by atoms with Crippen LogP contribution in [0.15, 0.2) is 6.07 Å². The lowest BCUT2D eigenvalue weighted by molar-refractivity contribution is -0.139. The Morgan fingerprint density at radius 3 is 2.47 bits per heavy atom. The van der Waals surface area contributed by atoms with Crippen molar-refractivity contribution in [3.8, 4) is 0 Å². The summed E-state index contributed by atoms with van der Waals surface area (Å²) in [6, 6.07) is 1.48. The molecule has 7 heteroatoms. The van der Waals surface area contributed by atoms with Gasteiger partial charge in [0, 0.05) is 7.05 Å². The molecular formula is C12H14Cl2N2O3. The zero-order chi connectivity index (χ0) is 14.2. The van der Waals surface area contributed by atoms with Gasteiger partial charge in [-0.15, -0.1) is 0 Å². The summed E-state index contributed by atoms with van der Waals surface area (Å²) in [7, 11) is 1.63. The van der Waals surface area contributed by atoms with Crippen LogP contribution in [-0.4, -0.2) is 27.1 Å². The second-order valence-electron chi connectivity index (χ2n) is 4.89. The van der Waals surface area contributed by atoms with E-state index in [0.29, 0.717) is 23.6 Å². The van der Waals surface area contributed by atoms with Crippen LogP contribution in [0.4, 0.5) is 0 Å². The molecule has 0 unspecified atom stereocenters. The van der Waals surface area contributed by atoms with Gasteiger partial charge in [0.1, 0.15) is 10.8 Å². The highest BCUT2D eigenvalue weighted by Gasteiger charge is 2.40. The number of nitrogens with one attached hydrogen (secondary N) is 1. The van der Waals surface area contributed by atoms with Gasteiger partial charge < -0.3 is 15.0 Å².